The Bertz CT molecular complexity index is 315. The summed E-state index contributed by atoms with van der Waals surface area (Å²) in [7, 11) is 0. The zero-order chi connectivity index (χ0) is 15.7. The zero-order valence-electron chi connectivity index (χ0n) is 10.5. The molecule has 0 aromatic heterocycles. The summed E-state index contributed by atoms with van der Waals surface area (Å²) in [5, 5.41) is 38.0. The molecule has 0 aliphatic heterocycles. The summed E-state index contributed by atoms with van der Waals surface area (Å²) in [5.74, 6) is -5.52. The number of aliphatic carboxylic acids is 2. The number of carboxylic acid groups (broad SMARTS) is 2. The van der Waals surface area contributed by atoms with Crippen LogP contribution in [0.2, 0.25) is 0 Å². The molecule has 0 aromatic rings. The van der Waals surface area contributed by atoms with E-state index in [0.29, 0.717) is 0 Å². The van der Waals surface area contributed by atoms with Crippen LogP contribution in [0.1, 0.15) is 0 Å². The topological polar surface area (TPSA) is 155 Å². The van der Waals surface area contributed by atoms with Crippen LogP contribution in [0, 0.1) is 0 Å². The molecule has 112 valence electrons. The van der Waals surface area contributed by atoms with Gasteiger partial charge in [0.25, 0.3) is 0 Å². The first-order chi connectivity index (χ1) is 9.20. The highest BCUT2D eigenvalue weighted by molar-refractivity contribution is 5.73. The third-order valence-corrected chi connectivity index (χ3v) is 2.16. The number of hydrogen-bond acceptors (Lipinski definition) is 6. The predicted molar refractivity (Wildman–Crippen MR) is 59.5 cm³/mol. The molecule has 2 N–H and O–H groups in total. The van der Waals surface area contributed by atoms with Crippen molar-refractivity contribution in [3.8, 4) is 0 Å². The fraction of sp³-hybridized carbons (Fsp3) is 0.600. The smallest absolute Gasteiger partial charge is 0.369 e. The summed E-state index contributed by atoms with van der Waals surface area (Å²) in [6, 6.07) is 0. The standard InChI is InChI=1S/C10H14N2O8/c13-7(14)3-11(4-8(15)16)1-2-12(5-9(17)18)6-10(19)20/h1-6H2,(H,13,14)(H,17,18). The van der Waals surface area contributed by atoms with E-state index < -0.39 is 50.1 Å². The highest BCUT2D eigenvalue weighted by Gasteiger charge is 2.19. The zero-order valence-corrected chi connectivity index (χ0v) is 10.5. The van der Waals surface area contributed by atoms with Gasteiger partial charge >= 0.3 is 23.9 Å². The molecule has 0 spiro atoms. The molecular weight excluding hydrogens is 276 g/mol. The van der Waals surface area contributed by atoms with Gasteiger partial charge in [-0.2, -0.15) is 0 Å². The molecule has 0 bridgehead atoms. The lowest BCUT2D eigenvalue weighted by Crippen LogP contribution is -2.43. The van der Waals surface area contributed by atoms with Crippen LogP contribution in [0.3, 0.4) is 0 Å². The molecule has 0 aliphatic rings. The van der Waals surface area contributed by atoms with Crippen LogP contribution in [-0.2, 0) is 29.4 Å². The summed E-state index contributed by atoms with van der Waals surface area (Å²) < 4.78 is 0. The van der Waals surface area contributed by atoms with Crippen molar-refractivity contribution in [2.24, 2.45) is 0 Å². The Kier molecular flexibility index (Phi) is 7.85. The van der Waals surface area contributed by atoms with E-state index in [2.05, 4.69) is 0 Å². The van der Waals surface area contributed by atoms with Gasteiger partial charge in [0.15, 0.2) is 0 Å². The third kappa shape index (κ3) is 9.79. The van der Waals surface area contributed by atoms with Crippen molar-refractivity contribution in [1.29, 1.82) is 0 Å². The largest absolute Gasteiger partial charge is 0.480 e. The van der Waals surface area contributed by atoms with E-state index in [1.54, 1.807) is 0 Å². The molecule has 0 heterocycles. The van der Waals surface area contributed by atoms with E-state index in [0.717, 1.165) is 9.80 Å². The van der Waals surface area contributed by atoms with E-state index in [4.69, 9.17) is 10.2 Å². The second kappa shape index (κ2) is 8.82. The first kappa shape index (κ1) is 17.8. The molecule has 0 aliphatic carbocycles. The van der Waals surface area contributed by atoms with Crippen molar-refractivity contribution >= 4 is 23.9 Å². The normalized spacial score (nSPS) is 10.7. The van der Waals surface area contributed by atoms with Crippen molar-refractivity contribution in [2.45, 2.75) is 0 Å². The maximum absolute atomic E-state index is 10.5. The molecule has 0 amide bonds. The lowest BCUT2D eigenvalue weighted by atomic mass is 10.4. The molecule has 10 heteroatoms. The number of carbonyl (C=O) groups excluding carboxylic acids is 2. The van der Waals surface area contributed by atoms with E-state index in [1.165, 1.54) is 0 Å². The van der Waals surface area contributed by atoms with E-state index in [1.807, 2.05) is 0 Å². The molecule has 0 saturated heterocycles. The number of carboxylic acids is 2. The quantitative estimate of drug-likeness (QED) is 0.429. The van der Waals surface area contributed by atoms with E-state index >= 15 is 0 Å². The number of carbonyl (C=O) groups is 4. The van der Waals surface area contributed by atoms with Crippen molar-refractivity contribution in [3.63, 3.8) is 0 Å². The van der Waals surface area contributed by atoms with Gasteiger partial charge in [-0.3, -0.25) is 19.4 Å². The van der Waals surface area contributed by atoms with Crippen LogP contribution in [0.4, 0.5) is 0 Å². The Balaban J connectivity index is 4.49. The minimum absolute atomic E-state index is 0.138. The first-order valence-corrected chi connectivity index (χ1v) is 5.48. The molecule has 0 fully saturated rings. The van der Waals surface area contributed by atoms with Gasteiger partial charge < -0.3 is 10.2 Å². The van der Waals surface area contributed by atoms with Crippen molar-refractivity contribution in [2.75, 3.05) is 39.3 Å². The maximum atomic E-state index is 10.5. The van der Waals surface area contributed by atoms with Gasteiger partial charge in [0, 0.05) is 13.1 Å². The highest BCUT2D eigenvalue weighted by Crippen LogP contribution is 1.94. The molecule has 10 nitrogen and oxygen atoms in total. The summed E-state index contributed by atoms with van der Waals surface area (Å²) in [5.41, 5.74) is 0. The molecule has 0 rings (SSSR count). The minimum atomic E-state index is -1.49. The maximum Gasteiger partial charge on any atom is 0.369 e. The Morgan fingerprint density at radius 2 is 0.950 bits per heavy atom. The average molecular weight is 290 g/mol. The summed E-state index contributed by atoms with van der Waals surface area (Å²) in [6.45, 7) is -2.75. The number of rotatable bonds is 11. The van der Waals surface area contributed by atoms with Gasteiger partial charge in [0.1, 0.15) is 13.1 Å². The molecule has 0 saturated carbocycles. The van der Waals surface area contributed by atoms with E-state index in [9.17, 15) is 29.4 Å². The summed E-state index contributed by atoms with van der Waals surface area (Å²) >= 11 is 0. The fourth-order valence-corrected chi connectivity index (χ4v) is 1.46. The van der Waals surface area contributed by atoms with Crippen LogP contribution in [0.15, 0.2) is 0 Å². The van der Waals surface area contributed by atoms with Crippen molar-refractivity contribution in [1.82, 2.24) is 9.80 Å². The molecule has 0 unspecified atom stereocenters. The van der Waals surface area contributed by atoms with Crippen LogP contribution < -0.4 is 0 Å². The van der Waals surface area contributed by atoms with Gasteiger partial charge in [0.05, 0.1) is 13.1 Å². The second-order valence-electron chi connectivity index (χ2n) is 3.95. The predicted octanol–water partition coefficient (Wildman–Crippen LogP) is -2.33. The SMILES string of the molecule is [O]C(=O)CN(CCN(CC([O])=O)CC(=O)O)CC(=O)O. The molecule has 0 atom stereocenters. The summed E-state index contributed by atoms with van der Waals surface area (Å²) in [6.07, 6.45) is 0. The fourth-order valence-electron chi connectivity index (χ4n) is 1.46. The van der Waals surface area contributed by atoms with Gasteiger partial charge in [-0.05, 0) is 0 Å². The van der Waals surface area contributed by atoms with Crippen LogP contribution >= 0.6 is 0 Å². The van der Waals surface area contributed by atoms with Crippen LogP contribution in [-0.4, -0.2) is 83.2 Å². The first-order valence-electron chi connectivity index (χ1n) is 5.48. The number of hydrogen-bond donors (Lipinski definition) is 2. The lowest BCUT2D eigenvalue weighted by Gasteiger charge is -2.22. The Morgan fingerprint density at radius 1 is 0.650 bits per heavy atom. The van der Waals surface area contributed by atoms with Gasteiger partial charge in [-0.1, -0.05) is 0 Å². The third-order valence-electron chi connectivity index (χ3n) is 2.16. The van der Waals surface area contributed by atoms with Gasteiger partial charge in [-0.15, -0.1) is 0 Å². The Labute approximate surface area is 113 Å². The highest BCUT2D eigenvalue weighted by atomic mass is 16.4. The van der Waals surface area contributed by atoms with E-state index in [-0.39, 0.29) is 13.1 Å². The van der Waals surface area contributed by atoms with Crippen molar-refractivity contribution in [3.05, 3.63) is 0 Å². The van der Waals surface area contributed by atoms with Crippen molar-refractivity contribution < 1.29 is 39.6 Å². The van der Waals surface area contributed by atoms with Crippen LogP contribution in [0.25, 0.3) is 0 Å². The van der Waals surface area contributed by atoms with Gasteiger partial charge in [0.2, 0.25) is 0 Å². The van der Waals surface area contributed by atoms with Crippen LogP contribution in [0.5, 0.6) is 0 Å². The average Bonchev–Trinajstić information content (AvgIpc) is 2.22. The molecular formula is C10H14N2O8. The molecule has 20 heavy (non-hydrogen) atoms. The summed E-state index contributed by atoms with van der Waals surface area (Å²) in [4.78, 5) is 43.9. The minimum Gasteiger partial charge on any atom is -0.480 e. The Hall–Kier alpha value is -2.20. The Morgan fingerprint density at radius 3 is 1.15 bits per heavy atom. The van der Waals surface area contributed by atoms with Gasteiger partial charge in [-0.25, -0.2) is 19.8 Å². The molecule has 0 aromatic carbocycles. The number of nitrogens with zero attached hydrogens (tertiary/aromatic N) is 2. The molecule has 2 radical (unpaired) electrons. The second-order valence-corrected chi connectivity index (χ2v) is 3.95. The lowest BCUT2D eigenvalue weighted by molar-refractivity contribution is -0.149. The monoisotopic (exact) mass is 290 g/mol.